The molecule has 1 fully saturated rings. The fourth-order valence-corrected chi connectivity index (χ4v) is 2.83. The lowest BCUT2D eigenvalue weighted by Gasteiger charge is -2.25. The summed E-state index contributed by atoms with van der Waals surface area (Å²) in [7, 11) is 0. The van der Waals surface area contributed by atoms with Crippen molar-refractivity contribution in [1.29, 1.82) is 0 Å². The van der Waals surface area contributed by atoms with Gasteiger partial charge in [-0.2, -0.15) is 0 Å². The van der Waals surface area contributed by atoms with Crippen molar-refractivity contribution in [2.24, 2.45) is 11.8 Å². The minimum atomic E-state index is 0.785. The molecule has 0 saturated heterocycles. The van der Waals surface area contributed by atoms with E-state index in [0.29, 0.717) is 0 Å². The van der Waals surface area contributed by atoms with Crippen LogP contribution in [0.15, 0.2) is 0 Å². The lowest BCUT2D eigenvalue weighted by Crippen LogP contribution is -2.36. The van der Waals surface area contributed by atoms with Gasteiger partial charge in [0.05, 0.1) is 0 Å². The van der Waals surface area contributed by atoms with Crippen molar-refractivity contribution >= 4 is 0 Å². The van der Waals surface area contributed by atoms with Gasteiger partial charge in [-0.25, -0.2) is 0 Å². The lowest BCUT2D eigenvalue weighted by atomic mass is 9.89. The van der Waals surface area contributed by atoms with Crippen LogP contribution in [0.5, 0.6) is 0 Å². The molecule has 0 spiro atoms. The summed E-state index contributed by atoms with van der Waals surface area (Å²) < 4.78 is 0. The molecule has 0 atom stereocenters. The standard InChI is InChI=1S/C15H32N2/c1-4-17(13-14(2)3)11-10-16-12-15-8-6-5-7-9-15/h14-16H,4-13H2,1-3H3. The lowest BCUT2D eigenvalue weighted by molar-refractivity contribution is 0.251. The first-order valence-corrected chi connectivity index (χ1v) is 7.65. The maximum Gasteiger partial charge on any atom is 0.0107 e. The van der Waals surface area contributed by atoms with Crippen molar-refractivity contribution in [1.82, 2.24) is 10.2 Å². The average Bonchev–Trinajstić information content (AvgIpc) is 2.34. The van der Waals surface area contributed by atoms with E-state index in [1.807, 2.05) is 0 Å². The molecule has 2 nitrogen and oxygen atoms in total. The number of rotatable bonds is 8. The smallest absolute Gasteiger partial charge is 0.0107 e. The quantitative estimate of drug-likeness (QED) is 0.656. The van der Waals surface area contributed by atoms with Crippen LogP contribution in [0, 0.1) is 11.8 Å². The van der Waals surface area contributed by atoms with E-state index < -0.39 is 0 Å². The molecule has 0 aromatic rings. The van der Waals surface area contributed by atoms with Crippen LogP contribution >= 0.6 is 0 Å². The second kappa shape index (κ2) is 8.93. The molecule has 0 heterocycles. The van der Waals surface area contributed by atoms with Crippen molar-refractivity contribution in [2.75, 3.05) is 32.7 Å². The van der Waals surface area contributed by atoms with E-state index >= 15 is 0 Å². The van der Waals surface area contributed by atoms with E-state index in [2.05, 4.69) is 31.0 Å². The summed E-state index contributed by atoms with van der Waals surface area (Å²) >= 11 is 0. The third kappa shape index (κ3) is 7.05. The van der Waals surface area contributed by atoms with Gasteiger partial charge in [0.15, 0.2) is 0 Å². The highest BCUT2D eigenvalue weighted by Crippen LogP contribution is 2.22. The highest BCUT2D eigenvalue weighted by Gasteiger charge is 2.12. The van der Waals surface area contributed by atoms with Crippen molar-refractivity contribution in [3.05, 3.63) is 0 Å². The van der Waals surface area contributed by atoms with Gasteiger partial charge in [-0.1, -0.05) is 40.0 Å². The minimum absolute atomic E-state index is 0.785. The van der Waals surface area contributed by atoms with Gasteiger partial charge in [0.1, 0.15) is 0 Å². The summed E-state index contributed by atoms with van der Waals surface area (Å²) in [6.45, 7) is 12.9. The molecule has 1 saturated carbocycles. The summed E-state index contributed by atoms with van der Waals surface area (Å²) in [6.07, 6.45) is 7.29. The molecule has 0 unspecified atom stereocenters. The summed E-state index contributed by atoms with van der Waals surface area (Å²) in [5, 5.41) is 3.65. The summed E-state index contributed by atoms with van der Waals surface area (Å²) in [5.41, 5.74) is 0. The second-order valence-corrected chi connectivity index (χ2v) is 6.00. The Morgan fingerprint density at radius 2 is 1.88 bits per heavy atom. The SMILES string of the molecule is CCN(CCNCC1CCCCC1)CC(C)C. The molecule has 2 heteroatoms. The maximum absolute atomic E-state index is 3.65. The van der Waals surface area contributed by atoms with E-state index in [-0.39, 0.29) is 0 Å². The van der Waals surface area contributed by atoms with Gasteiger partial charge >= 0.3 is 0 Å². The summed E-state index contributed by atoms with van der Waals surface area (Å²) in [6, 6.07) is 0. The van der Waals surface area contributed by atoms with Crippen LogP contribution in [0.4, 0.5) is 0 Å². The topological polar surface area (TPSA) is 15.3 Å². The Kier molecular flexibility index (Phi) is 7.87. The zero-order valence-electron chi connectivity index (χ0n) is 12.2. The average molecular weight is 240 g/mol. The van der Waals surface area contributed by atoms with Crippen molar-refractivity contribution in [3.8, 4) is 0 Å². The van der Waals surface area contributed by atoms with E-state index in [1.54, 1.807) is 0 Å². The number of likely N-dealkylation sites (N-methyl/N-ethyl adjacent to an activating group) is 1. The highest BCUT2D eigenvalue weighted by molar-refractivity contribution is 4.68. The molecular formula is C15H32N2. The predicted molar refractivity (Wildman–Crippen MR) is 76.4 cm³/mol. The Hall–Kier alpha value is -0.0800. The largest absolute Gasteiger partial charge is 0.315 e. The Bertz CT molecular complexity index is 174. The van der Waals surface area contributed by atoms with Crippen LogP contribution in [-0.4, -0.2) is 37.6 Å². The first-order chi connectivity index (χ1) is 8.22. The van der Waals surface area contributed by atoms with E-state index in [0.717, 1.165) is 18.4 Å². The van der Waals surface area contributed by atoms with Crippen LogP contribution in [-0.2, 0) is 0 Å². The van der Waals surface area contributed by atoms with Gasteiger partial charge in [0, 0.05) is 19.6 Å². The maximum atomic E-state index is 3.65. The van der Waals surface area contributed by atoms with Crippen LogP contribution in [0.3, 0.4) is 0 Å². The Morgan fingerprint density at radius 3 is 2.47 bits per heavy atom. The molecule has 0 bridgehead atoms. The monoisotopic (exact) mass is 240 g/mol. The zero-order valence-corrected chi connectivity index (χ0v) is 12.2. The molecule has 0 radical (unpaired) electrons. The molecule has 1 N–H and O–H groups in total. The third-order valence-corrected chi connectivity index (χ3v) is 3.83. The molecule has 0 aromatic heterocycles. The van der Waals surface area contributed by atoms with Crippen LogP contribution in [0.1, 0.15) is 52.9 Å². The van der Waals surface area contributed by atoms with Gasteiger partial charge in [0.2, 0.25) is 0 Å². The fourth-order valence-electron chi connectivity index (χ4n) is 2.83. The van der Waals surface area contributed by atoms with Gasteiger partial charge < -0.3 is 10.2 Å². The fraction of sp³-hybridized carbons (Fsp3) is 1.00. The van der Waals surface area contributed by atoms with Gasteiger partial charge in [-0.3, -0.25) is 0 Å². The van der Waals surface area contributed by atoms with Crippen molar-refractivity contribution in [2.45, 2.75) is 52.9 Å². The summed E-state index contributed by atoms with van der Waals surface area (Å²) in [4.78, 5) is 2.55. The number of hydrogen-bond donors (Lipinski definition) is 1. The zero-order chi connectivity index (χ0) is 12.5. The molecule has 102 valence electrons. The van der Waals surface area contributed by atoms with E-state index in [9.17, 15) is 0 Å². The van der Waals surface area contributed by atoms with Gasteiger partial charge in [0.25, 0.3) is 0 Å². The molecule has 1 aliphatic rings. The summed E-state index contributed by atoms with van der Waals surface area (Å²) in [5.74, 6) is 1.75. The van der Waals surface area contributed by atoms with Crippen LogP contribution in [0.25, 0.3) is 0 Å². The molecule has 0 aromatic carbocycles. The number of hydrogen-bond acceptors (Lipinski definition) is 2. The van der Waals surface area contributed by atoms with Gasteiger partial charge in [-0.15, -0.1) is 0 Å². The van der Waals surface area contributed by atoms with E-state index in [1.165, 1.54) is 58.3 Å². The van der Waals surface area contributed by atoms with Crippen molar-refractivity contribution < 1.29 is 0 Å². The first kappa shape index (κ1) is 15.0. The predicted octanol–water partition coefficient (Wildman–Crippen LogP) is 3.13. The highest BCUT2D eigenvalue weighted by atomic mass is 15.1. The Labute approximate surface area is 108 Å². The molecule has 0 amide bonds. The molecular weight excluding hydrogens is 208 g/mol. The van der Waals surface area contributed by atoms with Crippen LogP contribution < -0.4 is 5.32 Å². The molecule has 1 rings (SSSR count). The molecule has 17 heavy (non-hydrogen) atoms. The number of nitrogens with zero attached hydrogens (tertiary/aromatic N) is 1. The minimum Gasteiger partial charge on any atom is -0.315 e. The van der Waals surface area contributed by atoms with Crippen molar-refractivity contribution in [3.63, 3.8) is 0 Å². The van der Waals surface area contributed by atoms with Gasteiger partial charge in [-0.05, 0) is 37.8 Å². The Morgan fingerprint density at radius 1 is 1.18 bits per heavy atom. The van der Waals surface area contributed by atoms with Crippen LogP contribution in [0.2, 0.25) is 0 Å². The van der Waals surface area contributed by atoms with E-state index in [4.69, 9.17) is 0 Å². The molecule has 1 aliphatic carbocycles. The normalized spacial score (nSPS) is 18.2. The molecule has 0 aliphatic heterocycles. The number of nitrogens with one attached hydrogen (secondary N) is 1. The third-order valence-electron chi connectivity index (χ3n) is 3.83. The second-order valence-electron chi connectivity index (χ2n) is 6.00. The first-order valence-electron chi connectivity index (χ1n) is 7.65. The Balaban J connectivity index is 2.01.